The van der Waals surface area contributed by atoms with Gasteiger partial charge in [-0.3, -0.25) is 4.79 Å². The molecule has 1 saturated heterocycles. The van der Waals surface area contributed by atoms with E-state index in [0.717, 1.165) is 6.54 Å². The van der Waals surface area contributed by atoms with Crippen LogP contribution in [0.5, 0.6) is 0 Å². The molecule has 0 aliphatic carbocycles. The lowest BCUT2D eigenvalue weighted by molar-refractivity contribution is -0.137. The fourth-order valence-corrected chi connectivity index (χ4v) is 1.10. The van der Waals surface area contributed by atoms with Crippen molar-refractivity contribution in [3.05, 3.63) is 0 Å². The zero-order chi connectivity index (χ0) is 8.32. The Bertz CT molecular complexity index is 154. The van der Waals surface area contributed by atoms with Crippen LogP contribution in [0, 0.1) is 0 Å². The second kappa shape index (κ2) is 3.19. The third kappa shape index (κ3) is 2.48. The first-order chi connectivity index (χ1) is 5.18. The fourth-order valence-electron chi connectivity index (χ4n) is 1.10. The first-order valence-electron chi connectivity index (χ1n) is 3.64. The minimum absolute atomic E-state index is 0.0207. The molecule has 1 atom stereocenters. The molecule has 1 rings (SSSR count). The Morgan fingerprint density at radius 2 is 2.45 bits per heavy atom. The van der Waals surface area contributed by atoms with Gasteiger partial charge in [-0.25, -0.2) is 0 Å². The number of ether oxygens (including phenoxy) is 1. The topological polar surface area (TPSA) is 68.5 Å². The van der Waals surface area contributed by atoms with Crippen LogP contribution in [-0.4, -0.2) is 36.9 Å². The zero-order valence-corrected chi connectivity index (χ0v) is 6.59. The largest absolute Gasteiger partial charge is 0.481 e. The minimum atomic E-state index is -0.742. The number of methoxy groups -OCH3 is 1. The zero-order valence-electron chi connectivity index (χ0n) is 6.59. The molecule has 1 aliphatic rings. The smallest absolute Gasteiger partial charge is 0.303 e. The molecule has 1 unspecified atom stereocenters. The summed E-state index contributed by atoms with van der Waals surface area (Å²) in [6.45, 7) is 1.49. The monoisotopic (exact) mass is 159 g/mol. The van der Waals surface area contributed by atoms with Gasteiger partial charge in [-0.15, -0.1) is 0 Å². The van der Waals surface area contributed by atoms with Gasteiger partial charge in [0, 0.05) is 20.1 Å². The maximum absolute atomic E-state index is 10.2. The summed E-state index contributed by atoms with van der Waals surface area (Å²) in [6.07, 6.45) is 0.881. The highest BCUT2D eigenvalue weighted by atomic mass is 16.5. The SMILES string of the molecule is COCC1(CCC(=O)O)CN1. The molecule has 64 valence electrons. The molecule has 0 aromatic heterocycles. The number of aliphatic carboxylic acids is 1. The number of hydrogen-bond donors (Lipinski definition) is 2. The van der Waals surface area contributed by atoms with Crippen molar-refractivity contribution >= 4 is 5.97 Å². The number of carbonyl (C=O) groups is 1. The summed E-state index contributed by atoms with van der Waals surface area (Å²) in [4.78, 5) is 10.2. The molecule has 0 aromatic rings. The highest BCUT2D eigenvalue weighted by Gasteiger charge is 2.41. The third-order valence-electron chi connectivity index (χ3n) is 1.91. The van der Waals surface area contributed by atoms with Crippen LogP contribution < -0.4 is 5.32 Å². The molecule has 4 heteroatoms. The maximum Gasteiger partial charge on any atom is 0.303 e. The number of hydrogen-bond acceptors (Lipinski definition) is 3. The molecule has 4 nitrogen and oxygen atoms in total. The van der Waals surface area contributed by atoms with Crippen molar-refractivity contribution in [1.29, 1.82) is 0 Å². The molecule has 0 aromatic carbocycles. The molecule has 11 heavy (non-hydrogen) atoms. The molecule has 2 N–H and O–H groups in total. The van der Waals surface area contributed by atoms with E-state index < -0.39 is 5.97 Å². The molecular formula is C7H13NO3. The van der Waals surface area contributed by atoms with Crippen molar-refractivity contribution in [2.75, 3.05) is 20.3 Å². The fraction of sp³-hybridized carbons (Fsp3) is 0.857. The lowest BCUT2D eigenvalue weighted by Gasteiger charge is -2.09. The van der Waals surface area contributed by atoms with Crippen molar-refractivity contribution < 1.29 is 14.6 Å². The maximum atomic E-state index is 10.2. The predicted molar refractivity (Wildman–Crippen MR) is 39.5 cm³/mol. The first-order valence-corrected chi connectivity index (χ1v) is 3.64. The van der Waals surface area contributed by atoms with Gasteiger partial charge >= 0.3 is 5.97 Å². The normalized spacial score (nSPS) is 28.5. The quantitative estimate of drug-likeness (QED) is 0.547. The Labute approximate surface area is 65.5 Å². The molecule has 1 aliphatic heterocycles. The van der Waals surface area contributed by atoms with Crippen molar-refractivity contribution in [2.45, 2.75) is 18.4 Å². The van der Waals surface area contributed by atoms with E-state index in [1.165, 1.54) is 0 Å². The van der Waals surface area contributed by atoms with E-state index in [2.05, 4.69) is 5.32 Å². The van der Waals surface area contributed by atoms with E-state index >= 15 is 0 Å². The summed E-state index contributed by atoms with van der Waals surface area (Å²) < 4.78 is 4.95. The summed E-state index contributed by atoms with van der Waals surface area (Å²) in [5, 5.41) is 11.5. The van der Waals surface area contributed by atoms with Gasteiger partial charge in [-0.1, -0.05) is 0 Å². The molecule has 1 fully saturated rings. The number of carboxylic acids is 1. The van der Waals surface area contributed by atoms with Crippen LogP contribution in [0.25, 0.3) is 0 Å². The summed E-state index contributed by atoms with van der Waals surface area (Å²) in [6, 6.07) is 0. The highest BCUT2D eigenvalue weighted by molar-refractivity contribution is 5.66. The Morgan fingerprint density at radius 1 is 1.82 bits per heavy atom. The van der Waals surface area contributed by atoms with Gasteiger partial charge in [0.05, 0.1) is 12.1 Å². The highest BCUT2D eigenvalue weighted by Crippen LogP contribution is 2.23. The van der Waals surface area contributed by atoms with Crippen LogP contribution in [0.2, 0.25) is 0 Å². The standard InChI is InChI=1S/C7H13NO3/c1-11-5-7(4-8-7)3-2-6(9)10/h8H,2-5H2,1H3,(H,9,10). The van der Waals surface area contributed by atoms with Gasteiger partial charge in [-0.05, 0) is 6.42 Å². The molecule has 0 bridgehead atoms. The lowest BCUT2D eigenvalue weighted by atomic mass is 10.1. The van der Waals surface area contributed by atoms with Gasteiger partial charge in [0.25, 0.3) is 0 Å². The summed E-state index contributed by atoms with van der Waals surface area (Å²) in [7, 11) is 1.63. The van der Waals surface area contributed by atoms with E-state index in [1.807, 2.05) is 0 Å². The van der Waals surface area contributed by atoms with E-state index in [4.69, 9.17) is 9.84 Å². The van der Waals surface area contributed by atoms with E-state index in [9.17, 15) is 4.79 Å². The van der Waals surface area contributed by atoms with Crippen molar-refractivity contribution in [3.8, 4) is 0 Å². The molecule has 0 spiro atoms. The molecule has 0 radical (unpaired) electrons. The summed E-state index contributed by atoms with van der Waals surface area (Å²) >= 11 is 0. The Kier molecular flexibility index (Phi) is 2.46. The van der Waals surface area contributed by atoms with Crippen LogP contribution in [0.15, 0.2) is 0 Å². The predicted octanol–water partition coefficient (Wildman–Crippen LogP) is -0.160. The van der Waals surface area contributed by atoms with E-state index in [0.29, 0.717) is 13.0 Å². The van der Waals surface area contributed by atoms with Crippen molar-refractivity contribution in [2.24, 2.45) is 0 Å². The average Bonchev–Trinajstić information content (AvgIpc) is 2.67. The van der Waals surface area contributed by atoms with Crippen LogP contribution in [0.1, 0.15) is 12.8 Å². The number of nitrogens with one attached hydrogen (secondary N) is 1. The summed E-state index contributed by atoms with van der Waals surface area (Å²) in [5.74, 6) is -0.742. The first kappa shape index (κ1) is 8.49. The second-order valence-corrected chi connectivity index (χ2v) is 2.96. The molecule has 0 saturated carbocycles. The van der Waals surface area contributed by atoms with Gasteiger partial charge < -0.3 is 15.2 Å². The number of carboxylic acid groups (broad SMARTS) is 1. The van der Waals surface area contributed by atoms with Gasteiger partial charge in [-0.2, -0.15) is 0 Å². The average molecular weight is 159 g/mol. The van der Waals surface area contributed by atoms with Crippen LogP contribution in [-0.2, 0) is 9.53 Å². The minimum Gasteiger partial charge on any atom is -0.481 e. The van der Waals surface area contributed by atoms with Crippen molar-refractivity contribution in [3.63, 3.8) is 0 Å². The van der Waals surface area contributed by atoms with Crippen LogP contribution in [0.4, 0.5) is 0 Å². The van der Waals surface area contributed by atoms with Gasteiger partial charge in [0.15, 0.2) is 0 Å². The summed E-state index contributed by atoms with van der Waals surface area (Å²) in [5.41, 5.74) is -0.0207. The van der Waals surface area contributed by atoms with Crippen molar-refractivity contribution in [1.82, 2.24) is 5.32 Å². The van der Waals surface area contributed by atoms with Gasteiger partial charge in [0.2, 0.25) is 0 Å². The molecular weight excluding hydrogens is 146 g/mol. The number of rotatable bonds is 5. The van der Waals surface area contributed by atoms with E-state index in [-0.39, 0.29) is 12.0 Å². The Morgan fingerprint density at radius 3 is 2.82 bits per heavy atom. The van der Waals surface area contributed by atoms with Gasteiger partial charge in [0.1, 0.15) is 0 Å². The van der Waals surface area contributed by atoms with Crippen LogP contribution in [0.3, 0.4) is 0 Å². The van der Waals surface area contributed by atoms with Crippen LogP contribution >= 0.6 is 0 Å². The molecule has 0 amide bonds. The molecule has 1 heterocycles. The second-order valence-electron chi connectivity index (χ2n) is 2.96. The third-order valence-corrected chi connectivity index (χ3v) is 1.91. The Balaban J connectivity index is 2.19. The van der Waals surface area contributed by atoms with E-state index in [1.54, 1.807) is 7.11 Å². The lowest BCUT2D eigenvalue weighted by Crippen LogP contribution is -2.23. The Hall–Kier alpha value is -0.610.